The first kappa shape index (κ1) is 11.0. The summed E-state index contributed by atoms with van der Waals surface area (Å²) in [4.78, 5) is 11.5. The molecule has 4 heteroatoms. The third kappa shape index (κ3) is 3.01. The molecule has 0 aliphatic rings. The number of carbonyl (C=O) groups excluding carboxylic acids is 1. The number of hydrogen-bond donors (Lipinski definition) is 2. The van der Waals surface area contributed by atoms with E-state index in [1.165, 1.54) is 0 Å². The molecular formula is C10H12ClNO2. The van der Waals surface area contributed by atoms with Crippen molar-refractivity contribution in [2.24, 2.45) is 0 Å². The van der Waals surface area contributed by atoms with Gasteiger partial charge in [0, 0.05) is 16.6 Å². The summed E-state index contributed by atoms with van der Waals surface area (Å²) in [5, 5.41) is 12.0. The number of benzene rings is 1. The van der Waals surface area contributed by atoms with E-state index >= 15 is 0 Å². The number of nitrogens with one attached hydrogen (secondary N) is 1. The van der Waals surface area contributed by atoms with Crippen LogP contribution in [-0.4, -0.2) is 23.7 Å². The molecule has 0 unspecified atom stereocenters. The zero-order valence-electron chi connectivity index (χ0n) is 7.83. The van der Waals surface area contributed by atoms with Crippen LogP contribution in [-0.2, 0) is 0 Å². The van der Waals surface area contributed by atoms with E-state index in [4.69, 9.17) is 16.7 Å². The van der Waals surface area contributed by atoms with Gasteiger partial charge in [0.2, 0.25) is 0 Å². The third-order valence-corrected chi connectivity index (χ3v) is 2.01. The van der Waals surface area contributed by atoms with Gasteiger partial charge in [-0.25, -0.2) is 0 Å². The summed E-state index contributed by atoms with van der Waals surface area (Å²) in [5.74, 6) is -0.205. The maximum Gasteiger partial charge on any atom is 0.251 e. The Morgan fingerprint density at radius 3 is 2.57 bits per heavy atom. The molecule has 0 radical (unpaired) electrons. The third-order valence-electron chi connectivity index (χ3n) is 1.76. The SMILES string of the molecule is C[C@H](CO)NC(=O)c1ccc(Cl)cc1. The summed E-state index contributed by atoms with van der Waals surface area (Å²) >= 11 is 5.68. The largest absolute Gasteiger partial charge is 0.394 e. The van der Waals surface area contributed by atoms with E-state index in [0.717, 1.165) is 0 Å². The van der Waals surface area contributed by atoms with Gasteiger partial charge in [-0.1, -0.05) is 11.6 Å². The highest BCUT2D eigenvalue weighted by Crippen LogP contribution is 2.09. The van der Waals surface area contributed by atoms with E-state index in [0.29, 0.717) is 10.6 Å². The molecule has 0 aromatic heterocycles. The lowest BCUT2D eigenvalue weighted by atomic mass is 10.2. The molecule has 1 aromatic carbocycles. The fourth-order valence-electron chi connectivity index (χ4n) is 0.954. The van der Waals surface area contributed by atoms with E-state index in [1.54, 1.807) is 31.2 Å². The second kappa shape index (κ2) is 4.98. The lowest BCUT2D eigenvalue weighted by Gasteiger charge is -2.10. The molecule has 0 bridgehead atoms. The highest BCUT2D eigenvalue weighted by Gasteiger charge is 2.07. The van der Waals surface area contributed by atoms with Crippen molar-refractivity contribution in [1.82, 2.24) is 5.32 Å². The summed E-state index contributed by atoms with van der Waals surface area (Å²) in [6.07, 6.45) is 0. The first-order chi connectivity index (χ1) is 6.63. The second-order valence-corrected chi connectivity index (χ2v) is 3.50. The average Bonchev–Trinajstić information content (AvgIpc) is 2.18. The Labute approximate surface area is 87.7 Å². The smallest absolute Gasteiger partial charge is 0.251 e. The first-order valence-corrected chi connectivity index (χ1v) is 4.68. The maximum atomic E-state index is 11.5. The Morgan fingerprint density at radius 2 is 2.07 bits per heavy atom. The standard InChI is InChI=1S/C10H12ClNO2/c1-7(6-13)12-10(14)8-2-4-9(11)5-3-8/h2-5,7,13H,6H2,1H3,(H,12,14)/t7-/m1/s1. The van der Waals surface area contributed by atoms with Crippen LogP contribution in [0, 0.1) is 0 Å². The molecule has 0 aliphatic heterocycles. The van der Waals surface area contributed by atoms with E-state index in [1.807, 2.05) is 0 Å². The Kier molecular flexibility index (Phi) is 3.92. The minimum Gasteiger partial charge on any atom is -0.394 e. The first-order valence-electron chi connectivity index (χ1n) is 4.30. The van der Waals surface area contributed by atoms with Crippen LogP contribution in [0.2, 0.25) is 5.02 Å². The number of carbonyl (C=O) groups is 1. The average molecular weight is 214 g/mol. The fourth-order valence-corrected chi connectivity index (χ4v) is 1.08. The van der Waals surface area contributed by atoms with Crippen molar-refractivity contribution >= 4 is 17.5 Å². The maximum absolute atomic E-state index is 11.5. The molecule has 1 aromatic rings. The normalized spacial score (nSPS) is 12.2. The number of halogens is 1. The highest BCUT2D eigenvalue weighted by molar-refractivity contribution is 6.30. The topological polar surface area (TPSA) is 49.3 Å². The molecule has 0 aliphatic carbocycles. The second-order valence-electron chi connectivity index (χ2n) is 3.06. The zero-order valence-corrected chi connectivity index (χ0v) is 8.58. The predicted molar refractivity (Wildman–Crippen MR) is 55.5 cm³/mol. The number of aliphatic hydroxyl groups is 1. The molecule has 3 nitrogen and oxygen atoms in total. The Bertz CT molecular complexity index is 310. The summed E-state index contributed by atoms with van der Waals surface area (Å²) in [6.45, 7) is 1.66. The molecule has 0 saturated carbocycles. The Hall–Kier alpha value is -1.06. The molecular weight excluding hydrogens is 202 g/mol. The van der Waals surface area contributed by atoms with Crippen LogP contribution in [0.4, 0.5) is 0 Å². The van der Waals surface area contributed by atoms with Crippen LogP contribution in [0.3, 0.4) is 0 Å². The van der Waals surface area contributed by atoms with Crippen LogP contribution in [0.1, 0.15) is 17.3 Å². The van der Waals surface area contributed by atoms with E-state index in [2.05, 4.69) is 5.32 Å². The van der Waals surface area contributed by atoms with Crippen molar-refractivity contribution in [1.29, 1.82) is 0 Å². The molecule has 0 heterocycles. The van der Waals surface area contributed by atoms with Crippen molar-refractivity contribution in [2.75, 3.05) is 6.61 Å². The molecule has 2 N–H and O–H groups in total. The van der Waals surface area contributed by atoms with Crippen molar-refractivity contribution in [3.05, 3.63) is 34.9 Å². The van der Waals surface area contributed by atoms with Gasteiger partial charge in [0.25, 0.3) is 5.91 Å². The van der Waals surface area contributed by atoms with Gasteiger partial charge < -0.3 is 10.4 Å². The Morgan fingerprint density at radius 1 is 1.50 bits per heavy atom. The minimum absolute atomic E-state index is 0.0701. The van der Waals surface area contributed by atoms with Gasteiger partial charge in [-0.15, -0.1) is 0 Å². The summed E-state index contributed by atoms with van der Waals surface area (Å²) in [7, 11) is 0. The van der Waals surface area contributed by atoms with Gasteiger partial charge in [0.1, 0.15) is 0 Å². The van der Waals surface area contributed by atoms with Gasteiger partial charge in [-0.05, 0) is 31.2 Å². The summed E-state index contributed by atoms with van der Waals surface area (Å²) in [5.41, 5.74) is 0.537. The highest BCUT2D eigenvalue weighted by atomic mass is 35.5. The quantitative estimate of drug-likeness (QED) is 0.799. The van der Waals surface area contributed by atoms with Crippen LogP contribution in [0.25, 0.3) is 0 Å². The molecule has 0 fully saturated rings. The van der Waals surface area contributed by atoms with Crippen LogP contribution < -0.4 is 5.32 Å². The van der Waals surface area contributed by atoms with Crippen LogP contribution in [0.5, 0.6) is 0 Å². The lowest BCUT2D eigenvalue weighted by Crippen LogP contribution is -2.34. The van der Waals surface area contributed by atoms with Gasteiger partial charge in [0.05, 0.1) is 6.61 Å². The van der Waals surface area contributed by atoms with Crippen molar-refractivity contribution in [2.45, 2.75) is 13.0 Å². The number of hydrogen-bond acceptors (Lipinski definition) is 2. The van der Waals surface area contributed by atoms with Crippen molar-refractivity contribution < 1.29 is 9.90 Å². The number of aliphatic hydroxyl groups excluding tert-OH is 1. The molecule has 1 rings (SSSR count). The predicted octanol–water partition coefficient (Wildman–Crippen LogP) is 1.45. The van der Waals surface area contributed by atoms with Crippen LogP contribution >= 0.6 is 11.6 Å². The van der Waals surface area contributed by atoms with Gasteiger partial charge >= 0.3 is 0 Å². The number of rotatable bonds is 3. The summed E-state index contributed by atoms with van der Waals surface area (Å²) in [6, 6.07) is 6.35. The van der Waals surface area contributed by atoms with Gasteiger partial charge in [-0.3, -0.25) is 4.79 Å². The van der Waals surface area contributed by atoms with Crippen molar-refractivity contribution in [3.63, 3.8) is 0 Å². The van der Waals surface area contributed by atoms with Crippen LogP contribution in [0.15, 0.2) is 24.3 Å². The molecule has 1 amide bonds. The molecule has 1 atom stereocenters. The van der Waals surface area contributed by atoms with Gasteiger partial charge in [0.15, 0.2) is 0 Å². The summed E-state index contributed by atoms with van der Waals surface area (Å²) < 4.78 is 0. The van der Waals surface area contributed by atoms with E-state index in [9.17, 15) is 4.79 Å². The minimum atomic E-state index is -0.238. The lowest BCUT2D eigenvalue weighted by molar-refractivity contribution is 0.0922. The van der Waals surface area contributed by atoms with E-state index < -0.39 is 0 Å². The van der Waals surface area contributed by atoms with E-state index in [-0.39, 0.29) is 18.6 Å². The number of amides is 1. The molecule has 76 valence electrons. The molecule has 0 spiro atoms. The molecule has 14 heavy (non-hydrogen) atoms. The fraction of sp³-hybridized carbons (Fsp3) is 0.300. The zero-order chi connectivity index (χ0) is 10.6. The monoisotopic (exact) mass is 213 g/mol. The van der Waals surface area contributed by atoms with Gasteiger partial charge in [-0.2, -0.15) is 0 Å². The Balaban J connectivity index is 2.65. The van der Waals surface area contributed by atoms with Crippen molar-refractivity contribution in [3.8, 4) is 0 Å². The molecule has 0 saturated heterocycles.